The highest BCUT2D eigenvalue weighted by Gasteiger charge is 2.10. The van der Waals surface area contributed by atoms with Crippen LogP contribution in [0.2, 0.25) is 0 Å². The standard InChI is InChI=1S/C12H10OS2/c1-9-8-14-12(15-9)7-11(13)10-5-3-2-4-6-10/h2-8H,1H3. The largest absolute Gasteiger partial charge is 0.289 e. The van der Waals surface area contributed by atoms with Crippen LogP contribution in [-0.2, 0) is 0 Å². The zero-order valence-electron chi connectivity index (χ0n) is 8.27. The van der Waals surface area contributed by atoms with E-state index in [9.17, 15) is 4.79 Å². The number of benzene rings is 1. The van der Waals surface area contributed by atoms with E-state index < -0.39 is 0 Å². The van der Waals surface area contributed by atoms with Crippen LogP contribution in [0.5, 0.6) is 0 Å². The van der Waals surface area contributed by atoms with Crippen molar-refractivity contribution >= 4 is 29.3 Å². The van der Waals surface area contributed by atoms with Gasteiger partial charge in [-0.15, -0.1) is 0 Å². The van der Waals surface area contributed by atoms with E-state index in [2.05, 4.69) is 5.41 Å². The van der Waals surface area contributed by atoms with Crippen molar-refractivity contribution in [3.05, 3.63) is 56.5 Å². The number of ketones is 1. The fraction of sp³-hybridized carbons (Fsp3) is 0.0833. The van der Waals surface area contributed by atoms with E-state index in [0.29, 0.717) is 0 Å². The SMILES string of the molecule is CC1=CSC(=CC(=O)c2ccccc2)S1. The Hall–Kier alpha value is -0.930. The lowest BCUT2D eigenvalue weighted by Crippen LogP contribution is -1.93. The summed E-state index contributed by atoms with van der Waals surface area (Å²) in [4.78, 5) is 13.0. The van der Waals surface area contributed by atoms with Crippen molar-refractivity contribution in [2.75, 3.05) is 0 Å². The molecular formula is C12H10OS2. The summed E-state index contributed by atoms with van der Waals surface area (Å²) in [6.07, 6.45) is 1.71. The molecule has 1 aliphatic rings. The molecule has 0 bridgehead atoms. The molecule has 0 fully saturated rings. The first-order valence-corrected chi connectivity index (χ1v) is 6.28. The van der Waals surface area contributed by atoms with Crippen molar-refractivity contribution in [2.24, 2.45) is 0 Å². The fourth-order valence-corrected chi connectivity index (χ4v) is 3.21. The lowest BCUT2D eigenvalue weighted by atomic mass is 10.1. The number of hydrogen-bond donors (Lipinski definition) is 0. The number of hydrogen-bond acceptors (Lipinski definition) is 3. The molecule has 15 heavy (non-hydrogen) atoms. The monoisotopic (exact) mass is 234 g/mol. The minimum atomic E-state index is 0.0775. The Morgan fingerprint density at radius 2 is 2.00 bits per heavy atom. The van der Waals surface area contributed by atoms with Gasteiger partial charge in [0.05, 0.1) is 4.24 Å². The average Bonchev–Trinajstić information content (AvgIpc) is 2.65. The molecule has 3 heteroatoms. The molecule has 1 aromatic rings. The van der Waals surface area contributed by atoms with E-state index in [-0.39, 0.29) is 5.78 Å². The molecule has 0 unspecified atom stereocenters. The Labute approximate surface area is 97.6 Å². The molecule has 1 nitrogen and oxygen atoms in total. The molecule has 0 saturated carbocycles. The Morgan fingerprint density at radius 3 is 2.60 bits per heavy atom. The van der Waals surface area contributed by atoms with Crippen molar-refractivity contribution in [1.82, 2.24) is 0 Å². The highest BCUT2D eigenvalue weighted by Crippen LogP contribution is 2.43. The minimum Gasteiger partial charge on any atom is -0.289 e. The van der Waals surface area contributed by atoms with Crippen LogP contribution in [0.4, 0.5) is 0 Å². The lowest BCUT2D eigenvalue weighted by molar-refractivity contribution is 0.104. The normalized spacial score (nSPS) is 17.9. The van der Waals surface area contributed by atoms with Crippen LogP contribution >= 0.6 is 23.5 Å². The van der Waals surface area contributed by atoms with Gasteiger partial charge in [-0.05, 0) is 17.2 Å². The molecule has 0 spiro atoms. The van der Waals surface area contributed by atoms with Crippen molar-refractivity contribution in [2.45, 2.75) is 6.92 Å². The van der Waals surface area contributed by atoms with E-state index in [0.717, 1.165) is 9.80 Å². The van der Waals surface area contributed by atoms with E-state index in [1.165, 1.54) is 4.91 Å². The molecule has 2 rings (SSSR count). The van der Waals surface area contributed by atoms with Gasteiger partial charge in [-0.2, -0.15) is 0 Å². The molecular weight excluding hydrogens is 224 g/mol. The number of allylic oxidation sites excluding steroid dienone is 2. The maximum Gasteiger partial charge on any atom is 0.187 e. The maximum atomic E-state index is 11.8. The molecule has 1 heterocycles. The van der Waals surface area contributed by atoms with E-state index in [1.807, 2.05) is 37.3 Å². The lowest BCUT2D eigenvalue weighted by Gasteiger charge is -1.96. The van der Waals surface area contributed by atoms with E-state index in [1.54, 1.807) is 29.6 Å². The third kappa shape index (κ3) is 2.76. The first-order chi connectivity index (χ1) is 7.25. The summed E-state index contributed by atoms with van der Waals surface area (Å²) in [6.45, 7) is 2.05. The van der Waals surface area contributed by atoms with Crippen LogP contribution in [-0.4, -0.2) is 5.78 Å². The Kier molecular flexibility index (Phi) is 3.34. The number of carbonyl (C=O) groups is 1. The summed E-state index contributed by atoms with van der Waals surface area (Å²) in [7, 11) is 0. The first kappa shape index (κ1) is 10.6. The van der Waals surface area contributed by atoms with Crippen LogP contribution in [0.1, 0.15) is 17.3 Å². The zero-order chi connectivity index (χ0) is 10.7. The molecule has 0 aliphatic carbocycles. The van der Waals surface area contributed by atoms with Crippen LogP contribution in [0.25, 0.3) is 0 Å². The van der Waals surface area contributed by atoms with Gasteiger partial charge >= 0.3 is 0 Å². The number of thioether (sulfide) groups is 2. The fourth-order valence-electron chi connectivity index (χ4n) is 1.20. The molecule has 0 radical (unpaired) electrons. The van der Waals surface area contributed by atoms with Crippen LogP contribution in [0.3, 0.4) is 0 Å². The highest BCUT2D eigenvalue weighted by atomic mass is 32.2. The Bertz CT molecular complexity index is 432. The molecule has 0 amide bonds. The molecule has 76 valence electrons. The topological polar surface area (TPSA) is 17.1 Å². The predicted octanol–water partition coefficient (Wildman–Crippen LogP) is 4.05. The second-order valence-electron chi connectivity index (χ2n) is 3.14. The van der Waals surface area contributed by atoms with Gasteiger partial charge in [0.15, 0.2) is 5.78 Å². The molecule has 0 aromatic heterocycles. The zero-order valence-corrected chi connectivity index (χ0v) is 9.90. The molecule has 1 aromatic carbocycles. The summed E-state index contributed by atoms with van der Waals surface area (Å²) < 4.78 is 1.06. The van der Waals surface area contributed by atoms with Crippen molar-refractivity contribution in [1.29, 1.82) is 0 Å². The Balaban J connectivity index is 2.11. The van der Waals surface area contributed by atoms with Gasteiger partial charge in [0.1, 0.15) is 0 Å². The second-order valence-corrected chi connectivity index (χ2v) is 5.60. The minimum absolute atomic E-state index is 0.0775. The number of carbonyl (C=O) groups excluding carboxylic acids is 1. The summed E-state index contributed by atoms with van der Waals surface area (Å²) in [5, 5.41) is 2.06. The van der Waals surface area contributed by atoms with Gasteiger partial charge in [0.25, 0.3) is 0 Å². The van der Waals surface area contributed by atoms with Gasteiger partial charge < -0.3 is 0 Å². The van der Waals surface area contributed by atoms with Crippen molar-refractivity contribution in [3.63, 3.8) is 0 Å². The van der Waals surface area contributed by atoms with Crippen LogP contribution < -0.4 is 0 Å². The van der Waals surface area contributed by atoms with Crippen molar-refractivity contribution < 1.29 is 4.79 Å². The average molecular weight is 234 g/mol. The predicted molar refractivity (Wildman–Crippen MR) is 67.8 cm³/mol. The van der Waals surface area contributed by atoms with E-state index in [4.69, 9.17) is 0 Å². The second kappa shape index (κ2) is 4.73. The smallest absolute Gasteiger partial charge is 0.187 e. The highest BCUT2D eigenvalue weighted by molar-refractivity contribution is 8.28. The summed E-state index contributed by atoms with van der Waals surface area (Å²) in [6, 6.07) is 9.34. The maximum absolute atomic E-state index is 11.8. The van der Waals surface area contributed by atoms with E-state index >= 15 is 0 Å². The summed E-state index contributed by atoms with van der Waals surface area (Å²) in [5.41, 5.74) is 0.746. The summed E-state index contributed by atoms with van der Waals surface area (Å²) in [5.74, 6) is 0.0775. The number of rotatable bonds is 2. The molecule has 0 atom stereocenters. The van der Waals surface area contributed by atoms with Gasteiger partial charge in [-0.25, -0.2) is 0 Å². The first-order valence-electron chi connectivity index (χ1n) is 4.58. The van der Waals surface area contributed by atoms with Gasteiger partial charge in [0, 0.05) is 11.6 Å². The Morgan fingerprint density at radius 1 is 1.27 bits per heavy atom. The molecule has 0 saturated heterocycles. The quantitative estimate of drug-likeness (QED) is 0.567. The summed E-state index contributed by atoms with van der Waals surface area (Å²) >= 11 is 3.27. The molecule has 0 N–H and O–H groups in total. The molecule has 1 aliphatic heterocycles. The van der Waals surface area contributed by atoms with Gasteiger partial charge in [0.2, 0.25) is 0 Å². The third-order valence-corrected chi connectivity index (χ3v) is 4.18. The van der Waals surface area contributed by atoms with Crippen LogP contribution in [0, 0.1) is 0 Å². The van der Waals surface area contributed by atoms with Gasteiger partial charge in [-0.1, -0.05) is 53.9 Å². The van der Waals surface area contributed by atoms with Crippen LogP contribution in [0.15, 0.2) is 51.0 Å². The third-order valence-electron chi connectivity index (χ3n) is 1.91. The van der Waals surface area contributed by atoms with Crippen molar-refractivity contribution in [3.8, 4) is 0 Å². The van der Waals surface area contributed by atoms with Gasteiger partial charge in [-0.3, -0.25) is 4.79 Å².